The fourth-order valence-corrected chi connectivity index (χ4v) is 1.62. The van der Waals surface area contributed by atoms with Gasteiger partial charge in [0.1, 0.15) is 0 Å². The zero-order valence-corrected chi connectivity index (χ0v) is 8.27. The van der Waals surface area contributed by atoms with Crippen LogP contribution in [0.1, 0.15) is 46.5 Å². The largest absolute Gasteiger partial charge is 0.103 e. The van der Waals surface area contributed by atoms with Crippen LogP contribution in [0.5, 0.6) is 0 Å². The van der Waals surface area contributed by atoms with E-state index in [1.54, 1.807) is 6.08 Å². The fraction of sp³-hybridized carbons (Fsp3) is 0.818. The number of allylic oxidation sites excluding steroid dienone is 1. The minimum absolute atomic E-state index is 0.942. The lowest BCUT2D eigenvalue weighted by Gasteiger charge is -2.11. The van der Waals surface area contributed by atoms with Crippen molar-refractivity contribution in [2.75, 3.05) is 0 Å². The van der Waals surface area contributed by atoms with Crippen molar-refractivity contribution in [3.05, 3.63) is 12.7 Å². The van der Waals surface area contributed by atoms with Gasteiger partial charge in [0.25, 0.3) is 0 Å². The first kappa shape index (κ1) is 10.7. The lowest BCUT2D eigenvalue weighted by Crippen LogP contribution is -2.01. The van der Waals surface area contributed by atoms with Crippen LogP contribution >= 0.6 is 0 Å². The summed E-state index contributed by atoms with van der Waals surface area (Å²) in [6.45, 7) is 9.94. The Kier molecular flexibility index (Phi) is 6.30. The summed E-state index contributed by atoms with van der Waals surface area (Å²) in [5, 5.41) is 0. The van der Waals surface area contributed by atoms with E-state index in [4.69, 9.17) is 0 Å². The summed E-state index contributed by atoms with van der Waals surface area (Å²) in [6.07, 6.45) is 7.72. The Morgan fingerprint density at radius 3 is 1.82 bits per heavy atom. The molecule has 0 aromatic carbocycles. The second kappa shape index (κ2) is 6.45. The second-order valence-corrected chi connectivity index (χ2v) is 3.70. The molecule has 0 radical (unpaired) electrons. The topological polar surface area (TPSA) is 0 Å². The van der Waals surface area contributed by atoms with E-state index in [1.807, 2.05) is 6.92 Å². The van der Waals surface area contributed by atoms with Crippen molar-refractivity contribution in [3.8, 4) is 0 Å². The Bertz CT molecular complexity index is 86.2. The molecule has 1 aliphatic carbocycles. The smallest absolute Gasteiger partial charge is 0.0391 e. The van der Waals surface area contributed by atoms with Gasteiger partial charge in [-0.2, -0.15) is 0 Å². The molecule has 0 N–H and O–H groups in total. The van der Waals surface area contributed by atoms with Crippen LogP contribution < -0.4 is 0 Å². The van der Waals surface area contributed by atoms with Crippen LogP contribution in [0.25, 0.3) is 0 Å². The molecule has 1 rings (SSSR count). The van der Waals surface area contributed by atoms with Crippen molar-refractivity contribution >= 4 is 0 Å². The molecule has 0 spiro atoms. The van der Waals surface area contributed by atoms with E-state index in [-0.39, 0.29) is 0 Å². The Morgan fingerprint density at radius 2 is 1.64 bits per heavy atom. The standard InChI is InChI=1S/C8H16.C3H6/c1-7(2)8-5-3-4-6-8;1-3-2/h7-8H,3-6H2,1-2H3;3H,1H2,2H3. The highest BCUT2D eigenvalue weighted by Gasteiger charge is 2.17. The van der Waals surface area contributed by atoms with E-state index in [0.717, 1.165) is 11.8 Å². The maximum Gasteiger partial charge on any atom is -0.0391 e. The van der Waals surface area contributed by atoms with Gasteiger partial charge in [0, 0.05) is 0 Å². The van der Waals surface area contributed by atoms with Gasteiger partial charge in [-0.05, 0) is 18.8 Å². The van der Waals surface area contributed by atoms with E-state index in [9.17, 15) is 0 Å². The van der Waals surface area contributed by atoms with Crippen LogP contribution in [0.15, 0.2) is 12.7 Å². The maximum absolute atomic E-state index is 3.36. The molecule has 0 aromatic heterocycles. The second-order valence-electron chi connectivity index (χ2n) is 3.70. The molecule has 1 fully saturated rings. The SMILES string of the molecule is C=CC.CC(C)C1CCCC1. The molecule has 1 saturated carbocycles. The number of hydrogen-bond donors (Lipinski definition) is 0. The van der Waals surface area contributed by atoms with E-state index < -0.39 is 0 Å². The minimum atomic E-state index is 0.942. The Hall–Kier alpha value is -0.260. The summed E-state index contributed by atoms with van der Waals surface area (Å²) >= 11 is 0. The molecule has 66 valence electrons. The molecule has 0 amide bonds. The third kappa shape index (κ3) is 5.06. The summed E-state index contributed by atoms with van der Waals surface area (Å²) in [5.41, 5.74) is 0. The summed E-state index contributed by atoms with van der Waals surface area (Å²) in [4.78, 5) is 0. The van der Waals surface area contributed by atoms with Crippen molar-refractivity contribution in [2.45, 2.75) is 46.5 Å². The number of rotatable bonds is 1. The summed E-state index contributed by atoms with van der Waals surface area (Å²) in [7, 11) is 0. The molecule has 0 saturated heterocycles. The maximum atomic E-state index is 3.36. The van der Waals surface area contributed by atoms with Crippen molar-refractivity contribution in [1.29, 1.82) is 0 Å². The first-order valence-electron chi connectivity index (χ1n) is 4.79. The normalized spacial score (nSPS) is 17.8. The molecule has 0 heterocycles. The molecule has 0 nitrogen and oxygen atoms in total. The van der Waals surface area contributed by atoms with Crippen LogP contribution in [0, 0.1) is 11.8 Å². The molecule has 0 unspecified atom stereocenters. The monoisotopic (exact) mass is 154 g/mol. The lowest BCUT2D eigenvalue weighted by atomic mass is 9.95. The van der Waals surface area contributed by atoms with E-state index in [2.05, 4.69) is 20.4 Å². The zero-order chi connectivity index (χ0) is 8.69. The van der Waals surface area contributed by atoms with E-state index >= 15 is 0 Å². The third-order valence-corrected chi connectivity index (χ3v) is 2.34. The molecule has 1 aliphatic rings. The summed E-state index contributed by atoms with van der Waals surface area (Å²) < 4.78 is 0. The Balaban J connectivity index is 0.000000292. The summed E-state index contributed by atoms with van der Waals surface area (Å²) in [6, 6.07) is 0. The molecule has 0 aliphatic heterocycles. The predicted octanol–water partition coefficient (Wildman–Crippen LogP) is 4.02. The molecule has 0 bridgehead atoms. The molecule has 0 aromatic rings. The first-order chi connectivity index (χ1) is 5.22. The quantitative estimate of drug-likeness (QED) is 0.500. The highest BCUT2D eigenvalue weighted by atomic mass is 14.2. The van der Waals surface area contributed by atoms with E-state index in [0.29, 0.717) is 0 Å². The van der Waals surface area contributed by atoms with Gasteiger partial charge in [-0.1, -0.05) is 45.6 Å². The van der Waals surface area contributed by atoms with Crippen molar-refractivity contribution in [1.82, 2.24) is 0 Å². The summed E-state index contributed by atoms with van der Waals surface area (Å²) in [5.74, 6) is 2.01. The van der Waals surface area contributed by atoms with Gasteiger partial charge in [0.15, 0.2) is 0 Å². The highest BCUT2D eigenvalue weighted by Crippen LogP contribution is 2.30. The van der Waals surface area contributed by atoms with Gasteiger partial charge in [-0.15, -0.1) is 6.58 Å². The van der Waals surface area contributed by atoms with Gasteiger partial charge < -0.3 is 0 Å². The van der Waals surface area contributed by atoms with Gasteiger partial charge in [-0.3, -0.25) is 0 Å². The van der Waals surface area contributed by atoms with Crippen LogP contribution in [-0.4, -0.2) is 0 Å². The van der Waals surface area contributed by atoms with Crippen LogP contribution in [0.2, 0.25) is 0 Å². The Labute approximate surface area is 71.7 Å². The van der Waals surface area contributed by atoms with Gasteiger partial charge in [-0.25, -0.2) is 0 Å². The van der Waals surface area contributed by atoms with Gasteiger partial charge in [0.2, 0.25) is 0 Å². The van der Waals surface area contributed by atoms with Gasteiger partial charge in [0.05, 0.1) is 0 Å². The van der Waals surface area contributed by atoms with Crippen LogP contribution in [0.4, 0.5) is 0 Å². The number of hydrogen-bond acceptors (Lipinski definition) is 0. The molecular formula is C11H22. The average Bonchev–Trinajstić information content (AvgIpc) is 2.38. The molecular weight excluding hydrogens is 132 g/mol. The van der Waals surface area contributed by atoms with Crippen molar-refractivity contribution < 1.29 is 0 Å². The van der Waals surface area contributed by atoms with Crippen molar-refractivity contribution in [3.63, 3.8) is 0 Å². The molecule has 0 atom stereocenters. The third-order valence-electron chi connectivity index (χ3n) is 2.34. The average molecular weight is 154 g/mol. The molecule has 11 heavy (non-hydrogen) atoms. The minimum Gasteiger partial charge on any atom is -0.103 e. The van der Waals surface area contributed by atoms with Gasteiger partial charge >= 0.3 is 0 Å². The van der Waals surface area contributed by atoms with Crippen molar-refractivity contribution in [2.24, 2.45) is 11.8 Å². The highest BCUT2D eigenvalue weighted by molar-refractivity contribution is 4.69. The molecule has 0 heteroatoms. The Morgan fingerprint density at radius 1 is 1.27 bits per heavy atom. The lowest BCUT2D eigenvalue weighted by molar-refractivity contribution is 0.396. The van der Waals surface area contributed by atoms with E-state index in [1.165, 1.54) is 25.7 Å². The fourth-order valence-electron chi connectivity index (χ4n) is 1.62. The predicted molar refractivity (Wildman–Crippen MR) is 52.7 cm³/mol. The van der Waals surface area contributed by atoms with Crippen LogP contribution in [-0.2, 0) is 0 Å². The zero-order valence-electron chi connectivity index (χ0n) is 8.27. The first-order valence-corrected chi connectivity index (χ1v) is 4.79. The van der Waals surface area contributed by atoms with Crippen LogP contribution in [0.3, 0.4) is 0 Å².